The molecule has 24 heavy (non-hydrogen) atoms. The molecule has 0 aliphatic rings. The van der Waals surface area contributed by atoms with Crippen molar-refractivity contribution in [1.29, 1.82) is 0 Å². The summed E-state index contributed by atoms with van der Waals surface area (Å²) < 4.78 is 9.66. The van der Waals surface area contributed by atoms with E-state index in [4.69, 9.17) is 9.15 Å². The minimum atomic E-state index is -0.880. The minimum Gasteiger partial charge on any atom is -0.485 e. The lowest BCUT2D eigenvalue weighted by molar-refractivity contribution is -0.395. The third-order valence-electron chi connectivity index (χ3n) is 2.81. The average molecular weight is 334 g/mol. The largest absolute Gasteiger partial charge is 0.485 e. The fourth-order valence-corrected chi connectivity index (χ4v) is 1.79. The second-order valence-electron chi connectivity index (χ2n) is 4.28. The maximum Gasteiger partial charge on any atom is 0.319 e. The van der Waals surface area contributed by atoms with Gasteiger partial charge in [-0.1, -0.05) is 0 Å². The molecule has 11 heteroatoms. The Morgan fingerprint density at radius 3 is 2.38 bits per heavy atom. The van der Waals surface area contributed by atoms with E-state index in [1.165, 1.54) is 12.5 Å². The Morgan fingerprint density at radius 1 is 1.29 bits per heavy atom. The first-order chi connectivity index (χ1) is 11.4. The van der Waals surface area contributed by atoms with E-state index in [1.54, 1.807) is 12.1 Å². The molecule has 2 rings (SSSR count). The maximum absolute atomic E-state index is 12.0. The molecule has 124 valence electrons. The van der Waals surface area contributed by atoms with Crippen molar-refractivity contribution < 1.29 is 23.8 Å². The second kappa shape index (κ2) is 7.00. The van der Waals surface area contributed by atoms with Gasteiger partial charge in [-0.05, 0) is 12.1 Å². The van der Waals surface area contributed by atoms with Gasteiger partial charge in [-0.25, -0.2) is 5.43 Å². The van der Waals surface area contributed by atoms with Crippen LogP contribution in [0.5, 0.6) is 5.75 Å². The number of ether oxygens (including phenoxy) is 1. The Kier molecular flexibility index (Phi) is 4.84. The second-order valence-corrected chi connectivity index (χ2v) is 4.28. The van der Waals surface area contributed by atoms with Gasteiger partial charge >= 0.3 is 11.4 Å². The molecule has 1 aromatic carbocycles. The van der Waals surface area contributed by atoms with Crippen LogP contribution in [0.2, 0.25) is 0 Å². The predicted molar refractivity (Wildman–Crippen MR) is 80.1 cm³/mol. The molecule has 1 heterocycles. The summed E-state index contributed by atoms with van der Waals surface area (Å²) >= 11 is 0. The molecule has 0 fully saturated rings. The van der Waals surface area contributed by atoms with Crippen LogP contribution < -0.4 is 10.2 Å². The third kappa shape index (κ3) is 3.52. The number of benzene rings is 1. The number of nitro benzene ring substituents is 2. The van der Waals surface area contributed by atoms with Crippen LogP contribution in [0.15, 0.2) is 40.0 Å². The van der Waals surface area contributed by atoms with Crippen molar-refractivity contribution in [2.75, 3.05) is 7.11 Å². The van der Waals surface area contributed by atoms with Gasteiger partial charge in [0.25, 0.3) is 11.7 Å². The van der Waals surface area contributed by atoms with Crippen LogP contribution in [0.4, 0.5) is 11.4 Å². The van der Waals surface area contributed by atoms with Crippen molar-refractivity contribution in [3.8, 4) is 5.75 Å². The van der Waals surface area contributed by atoms with Gasteiger partial charge in [-0.3, -0.25) is 25.0 Å². The van der Waals surface area contributed by atoms with Gasteiger partial charge in [0.05, 0.1) is 35.0 Å². The highest BCUT2D eigenvalue weighted by Crippen LogP contribution is 2.37. The van der Waals surface area contributed by atoms with Crippen LogP contribution in [0.25, 0.3) is 0 Å². The molecular formula is C13H10N4O7. The first-order valence-corrected chi connectivity index (χ1v) is 6.31. The first-order valence-electron chi connectivity index (χ1n) is 6.31. The van der Waals surface area contributed by atoms with E-state index in [0.29, 0.717) is 5.76 Å². The van der Waals surface area contributed by atoms with E-state index in [2.05, 4.69) is 10.5 Å². The molecule has 0 saturated carbocycles. The number of carbonyl (C=O) groups excluding carboxylic acids is 1. The SMILES string of the molecule is COc1c([N+](=O)[O-])cc(C(=O)N/N=C\c2ccco2)cc1[N+](=O)[O-]. The standard InChI is InChI=1S/C13H10N4O7/c1-23-12-10(16(19)20)5-8(6-11(12)17(21)22)13(18)15-14-7-9-3-2-4-24-9/h2-7H,1H3,(H,15,18)/b14-7-. The molecule has 0 saturated heterocycles. The highest BCUT2D eigenvalue weighted by Gasteiger charge is 2.29. The lowest BCUT2D eigenvalue weighted by atomic mass is 10.1. The van der Waals surface area contributed by atoms with Crippen LogP contribution in [-0.4, -0.2) is 29.1 Å². The van der Waals surface area contributed by atoms with E-state index in [0.717, 1.165) is 19.2 Å². The minimum absolute atomic E-state index is 0.314. The van der Waals surface area contributed by atoms with Crippen LogP contribution in [-0.2, 0) is 0 Å². The monoisotopic (exact) mass is 334 g/mol. The molecule has 2 aromatic rings. The average Bonchev–Trinajstić information content (AvgIpc) is 3.06. The van der Waals surface area contributed by atoms with E-state index in [-0.39, 0.29) is 5.56 Å². The van der Waals surface area contributed by atoms with Gasteiger partial charge in [0, 0.05) is 12.1 Å². The Hall–Kier alpha value is -3.76. The lowest BCUT2D eigenvalue weighted by Gasteiger charge is -2.05. The zero-order valence-electron chi connectivity index (χ0n) is 12.2. The summed E-state index contributed by atoms with van der Waals surface area (Å²) in [5.41, 5.74) is 0.373. The van der Waals surface area contributed by atoms with E-state index < -0.39 is 32.9 Å². The van der Waals surface area contributed by atoms with Gasteiger partial charge < -0.3 is 9.15 Å². The van der Waals surface area contributed by atoms with Crippen molar-refractivity contribution in [1.82, 2.24) is 5.43 Å². The van der Waals surface area contributed by atoms with Crippen LogP contribution in [0, 0.1) is 20.2 Å². The number of nitro groups is 2. The van der Waals surface area contributed by atoms with E-state index >= 15 is 0 Å². The molecule has 0 aliphatic carbocycles. The molecule has 0 unspecified atom stereocenters. The van der Waals surface area contributed by atoms with Crippen molar-refractivity contribution in [2.24, 2.45) is 5.10 Å². The number of nitrogens with zero attached hydrogens (tertiary/aromatic N) is 3. The highest BCUT2D eigenvalue weighted by atomic mass is 16.6. The van der Waals surface area contributed by atoms with Gasteiger partial charge in [0.15, 0.2) is 0 Å². The molecule has 0 bridgehead atoms. The van der Waals surface area contributed by atoms with Crippen LogP contribution in [0.3, 0.4) is 0 Å². The number of rotatable bonds is 6. The number of carbonyl (C=O) groups is 1. The summed E-state index contributed by atoms with van der Waals surface area (Å²) in [4.78, 5) is 32.3. The summed E-state index contributed by atoms with van der Waals surface area (Å²) in [5.74, 6) is -1.05. The molecule has 11 nitrogen and oxygen atoms in total. The van der Waals surface area contributed by atoms with Crippen molar-refractivity contribution in [3.63, 3.8) is 0 Å². The Bertz CT molecular complexity index is 779. The summed E-state index contributed by atoms with van der Waals surface area (Å²) in [6, 6.07) is 4.92. The summed E-state index contributed by atoms with van der Waals surface area (Å²) in [5, 5.41) is 25.7. The summed E-state index contributed by atoms with van der Waals surface area (Å²) in [6.07, 6.45) is 2.60. The third-order valence-corrected chi connectivity index (χ3v) is 2.81. The summed E-state index contributed by atoms with van der Waals surface area (Å²) in [6.45, 7) is 0. The number of furan rings is 1. The fourth-order valence-electron chi connectivity index (χ4n) is 1.79. The number of amides is 1. The zero-order chi connectivity index (χ0) is 17.7. The van der Waals surface area contributed by atoms with Gasteiger partial charge in [-0.15, -0.1) is 0 Å². The number of methoxy groups -OCH3 is 1. The highest BCUT2D eigenvalue weighted by molar-refractivity contribution is 5.96. The molecule has 0 spiro atoms. The Labute approximate surface area is 133 Å². The number of hydrazone groups is 1. The van der Waals surface area contributed by atoms with Gasteiger partial charge in [0.2, 0.25) is 0 Å². The maximum atomic E-state index is 12.0. The van der Waals surface area contributed by atoms with Gasteiger partial charge in [-0.2, -0.15) is 5.10 Å². The molecule has 0 radical (unpaired) electrons. The predicted octanol–water partition coefficient (Wildman–Crippen LogP) is 1.87. The molecule has 1 amide bonds. The number of hydrogen-bond donors (Lipinski definition) is 1. The fraction of sp³-hybridized carbons (Fsp3) is 0.0769. The first kappa shape index (κ1) is 16.6. The molecule has 1 N–H and O–H groups in total. The quantitative estimate of drug-likeness (QED) is 0.481. The molecule has 0 atom stereocenters. The topological polar surface area (TPSA) is 150 Å². The Balaban J connectivity index is 2.33. The van der Waals surface area contributed by atoms with Gasteiger partial charge in [0.1, 0.15) is 5.76 Å². The lowest BCUT2D eigenvalue weighted by Crippen LogP contribution is -2.18. The van der Waals surface area contributed by atoms with Crippen molar-refractivity contribution in [2.45, 2.75) is 0 Å². The van der Waals surface area contributed by atoms with E-state index in [1.807, 2.05) is 0 Å². The number of nitrogens with one attached hydrogen (secondary N) is 1. The summed E-state index contributed by atoms with van der Waals surface area (Å²) in [7, 11) is 1.06. The Morgan fingerprint density at radius 2 is 1.92 bits per heavy atom. The van der Waals surface area contributed by atoms with Crippen LogP contribution in [0.1, 0.15) is 16.1 Å². The molecule has 0 aliphatic heterocycles. The smallest absolute Gasteiger partial charge is 0.319 e. The molecule has 1 aromatic heterocycles. The van der Waals surface area contributed by atoms with Crippen molar-refractivity contribution >= 4 is 23.5 Å². The normalized spacial score (nSPS) is 10.5. The van der Waals surface area contributed by atoms with Crippen molar-refractivity contribution in [3.05, 3.63) is 62.1 Å². The zero-order valence-corrected chi connectivity index (χ0v) is 12.2. The molecular weight excluding hydrogens is 324 g/mol. The number of hydrogen-bond acceptors (Lipinski definition) is 8. The van der Waals surface area contributed by atoms with Crippen LogP contribution >= 0.6 is 0 Å². The van der Waals surface area contributed by atoms with E-state index in [9.17, 15) is 25.0 Å².